The van der Waals surface area contributed by atoms with Crippen molar-refractivity contribution in [2.24, 2.45) is 7.05 Å². The first kappa shape index (κ1) is 21.1. The molecule has 0 radical (unpaired) electrons. The van der Waals surface area contributed by atoms with Gasteiger partial charge in [0.15, 0.2) is 0 Å². The lowest BCUT2D eigenvalue weighted by atomic mass is 10.1. The van der Waals surface area contributed by atoms with E-state index in [0.29, 0.717) is 18.0 Å². The predicted molar refractivity (Wildman–Crippen MR) is 115 cm³/mol. The number of pyridine rings is 1. The molecule has 2 aromatic heterocycles. The highest BCUT2D eigenvalue weighted by Crippen LogP contribution is 2.18. The van der Waals surface area contributed by atoms with Crippen LogP contribution < -0.4 is 26.9 Å². The predicted octanol–water partition coefficient (Wildman–Crippen LogP) is 1.55. The molecule has 0 saturated carbocycles. The third-order valence-corrected chi connectivity index (χ3v) is 4.88. The number of hydrogen-bond donors (Lipinski definition) is 1. The average molecular weight is 412 g/mol. The van der Waals surface area contributed by atoms with E-state index in [4.69, 9.17) is 4.74 Å². The van der Waals surface area contributed by atoms with Crippen molar-refractivity contribution in [2.75, 3.05) is 11.9 Å². The summed E-state index contributed by atoms with van der Waals surface area (Å²) < 4.78 is 8.97. The minimum Gasteiger partial charge on any atom is -0.494 e. The summed E-state index contributed by atoms with van der Waals surface area (Å²) in [6.07, 6.45) is 0. The van der Waals surface area contributed by atoms with Crippen molar-refractivity contribution >= 4 is 22.6 Å². The summed E-state index contributed by atoms with van der Waals surface area (Å²) in [6, 6.07) is 7.89. The lowest BCUT2D eigenvalue weighted by molar-refractivity contribution is 0.102. The van der Waals surface area contributed by atoms with Crippen LogP contribution in [-0.4, -0.2) is 26.2 Å². The number of carbonyl (C=O) groups is 1. The van der Waals surface area contributed by atoms with Crippen molar-refractivity contribution in [1.82, 2.24) is 13.7 Å². The van der Waals surface area contributed by atoms with Gasteiger partial charge in [0, 0.05) is 31.9 Å². The van der Waals surface area contributed by atoms with Crippen LogP contribution in [0.2, 0.25) is 0 Å². The molecule has 9 nitrogen and oxygen atoms in total. The molecule has 0 aliphatic carbocycles. The van der Waals surface area contributed by atoms with Gasteiger partial charge in [-0.25, -0.2) is 4.79 Å². The second kappa shape index (κ2) is 8.40. The molecular formula is C21H24N4O5. The van der Waals surface area contributed by atoms with E-state index in [1.807, 2.05) is 6.92 Å². The summed E-state index contributed by atoms with van der Waals surface area (Å²) in [4.78, 5) is 51.3. The van der Waals surface area contributed by atoms with Crippen LogP contribution in [0.15, 0.2) is 44.7 Å². The highest BCUT2D eigenvalue weighted by molar-refractivity contribution is 6.11. The highest BCUT2D eigenvalue weighted by Gasteiger charge is 2.22. The molecule has 158 valence electrons. The minimum atomic E-state index is -0.608. The summed E-state index contributed by atoms with van der Waals surface area (Å²) in [5, 5.41) is 2.74. The number of hydrogen-bond acceptors (Lipinski definition) is 5. The fourth-order valence-corrected chi connectivity index (χ4v) is 3.45. The molecule has 0 spiro atoms. The molecule has 1 N–H and O–H groups in total. The van der Waals surface area contributed by atoms with E-state index in [2.05, 4.69) is 5.32 Å². The number of benzene rings is 1. The monoisotopic (exact) mass is 412 g/mol. The van der Waals surface area contributed by atoms with Crippen molar-refractivity contribution < 1.29 is 9.53 Å². The van der Waals surface area contributed by atoms with Crippen LogP contribution in [0.25, 0.3) is 11.0 Å². The lowest BCUT2D eigenvalue weighted by Crippen LogP contribution is -2.42. The van der Waals surface area contributed by atoms with Crippen LogP contribution in [0, 0.1) is 0 Å². The largest absolute Gasteiger partial charge is 0.494 e. The second-order valence-electron chi connectivity index (χ2n) is 6.64. The Bertz CT molecular complexity index is 1280. The average Bonchev–Trinajstić information content (AvgIpc) is 2.73. The molecule has 30 heavy (non-hydrogen) atoms. The Balaban J connectivity index is 2.21. The van der Waals surface area contributed by atoms with E-state index in [-0.39, 0.29) is 29.7 Å². The molecular weight excluding hydrogens is 388 g/mol. The Morgan fingerprint density at radius 2 is 1.63 bits per heavy atom. The normalized spacial score (nSPS) is 10.9. The van der Waals surface area contributed by atoms with Crippen molar-refractivity contribution in [1.29, 1.82) is 0 Å². The number of nitrogens with zero attached hydrogens (tertiary/aromatic N) is 3. The van der Waals surface area contributed by atoms with Crippen LogP contribution in [-0.2, 0) is 20.1 Å². The van der Waals surface area contributed by atoms with E-state index in [0.717, 1.165) is 10.6 Å². The number of carbonyl (C=O) groups excluding carboxylic acids is 1. The maximum atomic E-state index is 13.0. The van der Waals surface area contributed by atoms with E-state index < -0.39 is 22.7 Å². The van der Waals surface area contributed by atoms with Crippen LogP contribution in [0.4, 0.5) is 5.69 Å². The van der Waals surface area contributed by atoms with Gasteiger partial charge in [0.1, 0.15) is 11.4 Å². The summed E-state index contributed by atoms with van der Waals surface area (Å²) in [5.41, 5.74) is -1.07. The maximum Gasteiger partial charge on any atom is 0.332 e. The number of rotatable bonds is 6. The van der Waals surface area contributed by atoms with Gasteiger partial charge in [-0.05, 0) is 45.0 Å². The number of fused-ring (bicyclic) bond motifs is 1. The van der Waals surface area contributed by atoms with Crippen molar-refractivity contribution in [2.45, 2.75) is 33.9 Å². The maximum absolute atomic E-state index is 13.0. The van der Waals surface area contributed by atoms with E-state index in [9.17, 15) is 19.2 Å². The van der Waals surface area contributed by atoms with Gasteiger partial charge in [0.2, 0.25) is 0 Å². The van der Waals surface area contributed by atoms with Gasteiger partial charge in [0.05, 0.1) is 17.6 Å². The summed E-state index contributed by atoms with van der Waals surface area (Å²) in [7, 11) is 1.48. The highest BCUT2D eigenvalue weighted by atomic mass is 16.5. The Morgan fingerprint density at radius 1 is 1.00 bits per heavy atom. The van der Waals surface area contributed by atoms with E-state index >= 15 is 0 Å². The number of aryl methyl sites for hydroxylation is 2. The smallest absolute Gasteiger partial charge is 0.332 e. The van der Waals surface area contributed by atoms with Crippen LogP contribution >= 0.6 is 0 Å². The van der Waals surface area contributed by atoms with Crippen molar-refractivity contribution in [3.05, 3.63) is 67.1 Å². The first-order valence-electron chi connectivity index (χ1n) is 9.75. The fraction of sp³-hybridized carbons (Fsp3) is 0.333. The number of ether oxygens (including phenoxy) is 1. The number of nitrogens with one attached hydrogen (secondary N) is 1. The summed E-state index contributed by atoms with van der Waals surface area (Å²) >= 11 is 0. The molecule has 0 fully saturated rings. The van der Waals surface area contributed by atoms with Gasteiger partial charge in [-0.1, -0.05) is 0 Å². The first-order chi connectivity index (χ1) is 14.3. The van der Waals surface area contributed by atoms with Crippen molar-refractivity contribution in [3.8, 4) is 5.75 Å². The molecule has 0 saturated heterocycles. The van der Waals surface area contributed by atoms with Crippen molar-refractivity contribution in [3.63, 3.8) is 0 Å². The van der Waals surface area contributed by atoms with E-state index in [1.54, 1.807) is 38.1 Å². The fourth-order valence-electron chi connectivity index (χ4n) is 3.45. The quantitative estimate of drug-likeness (QED) is 0.662. The second-order valence-corrected chi connectivity index (χ2v) is 6.64. The molecule has 0 aliphatic rings. The standard InChI is InChI=1S/C21H24N4O5/c1-5-24-16(26)12-15(17-19(24)23(4)21(29)25(6-2)20(17)28)18(27)22-13-8-10-14(11-9-13)30-7-3/h8-12H,5-7H2,1-4H3,(H,22,27). The zero-order chi connectivity index (χ0) is 22.0. The third-order valence-electron chi connectivity index (χ3n) is 4.88. The van der Waals surface area contributed by atoms with Crippen LogP contribution in [0.3, 0.4) is 0 Å². The SMILES string of the molecule is CCOc1ccc(NC(=O)c2cc(=O)n(CC)c3c2c(=O)n(CC)c(=O)n3C)cc1. The lowest BCUT2D eigenvalue weighted by Gasteiger charge is -2.16. The zero-order valence-corrected chi connectivity index (χ0v) is 17.4. The molecule has 9 heteroatoms. The van der Waals surface area contributed by atoms with Gasteiger partial charge >= 0.3 is 5.69 Å². The Hall–Kier alpha value is -3.62. The Kier molecular flexibility index (Phi) is 5.91. The first-order valence-corrected chi connectivity index (χ1v) is 9.75. The topological polar surface area (TPSA) is 104 Å². The third kappa shape index (κ3) is 3.54. The Morgan fingerprint density at radius 3 is 2.20 bits per heavy atom. The number of amides is 1. The molecule has 0 unspecified atom stereocenters. The molecule has 0 aliphatic heterocycles. The number of anilines is 1. The minimum absolute atomic E-state index is 0.0313. The van der Waals surface area contributed by atoms with Gasteiger partial charge in [-0.2, -0.15) is 0 Å². The summed E-state index contributed by atoms with van der Waals surface area (Å²) in [5.74, 6) is 0.0511. The van der Waals surface area contributed by atoms with E-state index in [1.165, 1.54) is 16.2 Å². The Labute approximate surface area is 172 Å². The number of aromatic nitrogens is 3. The molecule has 0 bridgehead atoms. The van der Waals surface area contributed by atoms with Crippen LogP contribution in [0.5, 0.6) is 5.75 Å². The van der Waals surface area contributed by atoms with Gasteiger partial charge in [0.25, 0.3) is 17.0 Å². The van der Waals surface area contributed by atoms with Crippen LogP contribution in [0.1, 0.15) is 31.1 Å². The molecule has 0 atom stereocenters. The molecule has 2 heterocycles. The van der Waals surface area contributed by atoms with Gasteiger partial charge in [-0.15, -0.1) is 0 Å². The summed E-state index contributed by atoms with van der Waals surface area (Å²) in [6.45, 7) is 6.19. The molecule has 1 aromatic carbocycles. The molecule has 3 rings (SSSR count). The van der Waals surface area contributed by atoms with Gasteiger partial charge in [-0.3, -0.25) is 28.1 Å². The molecule has 1 amide bonds. The zero-order valence-electron chi connectivity index (χ0n) is 17.4. The van der Waals surface area contributed by atoms with Gasteiger partial charge < -0.3 is 10.1 Å². The molecule has 3 aromatic rings.